The average Bonchev–Trinajstić information content (AvgIpc) is 3.76. The molecule has 4 rings (SSSR count). The maximum absolute atomic E-state index is 12.8. The molecule has 0 aromatic heterocycles. The molecule has 1 spiro atoms. The van der Waals surface area contributed by atoms with E-state index >= 15 is 0 Å². The summed E-state index contributed by atoms with van der Waals surface area (Å²) in [6.45, 7) is 7.69. The number of esters is 1. The molecule has 3 aliphatic rings. The number of epoxide rings is 2. The summed E-state index contributed by atoms with van der Waals surface area (Å²) in [4.78, 5) is 12.8. The molecule has 198 valence electrons. The quantitative estimate of drug-likeness (QED) is 0.159. The number of aromatic hydroxyl groups is 1. The first kappa shape index (κ1) is 26.7. The van der Waals surface area contributed by atoms with Crippen LogP contribution in [0.5, 0.6) is 11.5 Å². The van der Waals surface area contributed by atoms with Gasteiger partial charge in [-0.25, -0.2) is 4.79 Å². The van der Waals surface area contributed by atoms with Crippen LogP contribution in [-0.4, -0.2) is 74.6 Å². The highest BCUT2D eigenvalue weighted by Gasteiger charge is 2.72. The highest BCUT2D eigenvalue weighted by Crippen LogP contribution is 2.59. The number of phenols is 1. The van der Waals surface area contributed by atoms with E-state index in [2.05, 4.69) is 26.8 Å². The fourth-order valence-electron chi connectivity index (χ4n) is 5.41. The van der Waals surface area contributed by atoms with Crippen LogP contribution < -0.4 is 4.74 Å². The minimum absolute atomic E-state index is 0.0232. The van der Waals surface area contributed by atoms with E-state index in [0.717, 1.165) is 12.8 Å². The summed E-state index contributed by atoms with van der Waals surface area (Å²) < 4.78 is 34.5. The summed E-state index contributed by atoms with van der Waals surface area (Å²) in [6.07, 6.45) is 6.91. The highest BCUT2D eigenvalue weighted by molar-refractivity contribution is 5.87. The Labute approximate surface area is 213 Å². The molecule has 8 heteroatoms. The summed E-state index contributed by atoms with van der Waals surface area (Å²) in [7, 11) is 3.24. The Morgan fingerprint density at radius 1 is 1.25 bits per heavy atom. The summed E-state index contributed by atoms with van der Waals surface area (Å²) >= 11 is 0. The van der Waals surface area contributed by atoms with Crippen LogP contribution in [0, 0.1) is 5.92 Å². The number of hydrogen-bond acceptors (Lipinski definition) is 8. The molecule has 36 heavy (non-hydrogen) atoms. The molecule has 2 aliphatic heterocycles. The number of phenolic OH excluding ortho intramolecular Hbond substituents is 1. The van der Waals surface area contributed by atoms with Crippen molar-refractivity contribution >= 4 is 12.0 Å². The molecule has 1 saturated carbocycles. The molecule has 1 aliphatic carbocycles. The minimum Gasteiger partial charge on any atom is -0.504 e. The molecule has 0 radical (unpaired) electrons. The Morgan fingerprint density at radius 2 is 2.03 bits per heavy atom. The number of carbonyl (C=O) groups is 1. The van der Waals surface area contributed by atoms with Gasteiger partial charge in [0.25, 0.3) is 0 Å². The minimum atomic E-state index is -0.452. The van der Waals surface area contributed by atoms with Gasteiger partial charge in [-0.05, 0) is 63.8 Å². The van der Waals surface area contributed by atoms with Crippen molar-refractivity contribution in [1.29, 1.82) is 0 Å². The van der Waals surface area contributed by atoms with Crippen LogP contribution in [0.15, 0.2) is 35.9 Å². The number of rotatable bonds is 11. The van der Waals surface area contributed by atoms with Crippen LogP contribution in [0.25, 0.3) is 6.08 Å². The largest absolute Gasteiger partial charge is 0.504 e. The van der Waals surface area contributed by atoms with Gasteiger partial charge in [-0.15, -0.1) is 0 Å². The van der Waals surface area contributed by atoms with Crippen molar-refractivity contribution < 1.29 is 38.3 Å². The number of hydrogen-bond donors (Lipinski definition) is 1. The summed E-state index contributed by atoms with van der Waals surface area (Å²) in [6, 6.07) is 4.88. The average molecular weight is 503 g/mol. The maximum atomic E-state index is 12.8. The Kier molecular flexibility index (Phi) is 8.09. The number of benzene rings is 1. The third-order valence-electron chi connectivity index (χ3n) is 7.45. The van der Waals surface area contributed by atoms with Gasteiger partial charge in [0.05, 0.1) is 25.2 Å². The van der Waals surface area contributed by atoms with Crippen LogP contribution in [0.4, 0.5) is 0 Å². The zero-order chi connectivity index (χ0) is 25.9. The van der Waals surface area contributed by atoms with Gasteiger partial charge in [0.2, 0.25) is 0 Å². The van der Waals surface area contributed by atoms with E-state index in [1.165, 1.54) is 17.7 Å². The van der Waals surface area contributed by atoms with E-state index in [0.29, 0.717) is 37.6 Å². The van der Waals surface area contributed by atoms with Crippen LogP contribution in [0.2, 0.25) is 0 Å². The third-order valence-corrected chi connectivity index (χ3v) is 7.45. The fourth-order valence-corrected chi connectivity index (χ4v) is 5.41. The van der Waals surface area contributed by atoms with Gasteiger partial charge in [0, 0.05) is 20.3 Å². The summed E-state index contributed by atoms with van der Waals surface area (Å²) in [5, 5.41) is 9.99. The molecule has 1 N–H and O–H groups in total. The van der Waals surface area contributed by atoms with Gasteiger partial charge in [-0.3, -0.25) is 0 Å². The summed E-state index contributed by atoms with van der Waals surface area (Å²) in [5.41, 5.74) is 1.32. The second-order valence-electron chi connectivity index (χ2n) is 10.3. The molecular formula is C28H38O8. The normalized spacial score (nSPS) is 32.9. The molecule has 1 aromatic rings. The first-order chi connectivity index (χ1) is 17.2. The van der Waals surface area contributed by atoms with Gasteiger partial charge in [0.1, 0.15) is 30.0 Å². The lowest BCUT2D eigenvalue weighted by molar-refractivity contribution is -0.166. The molecule has 0 amide bonds. The lowest BCUT2D eigenvalue weighted by atomic mass is 9.68. The molecule has 8 nitrogen and oxygen atoms in total. The molecule has 1 aromatic carbocycles. The van der Waals surface area contributed by atoms with E-state index in [-0.39, 0.29) is 35.1 Å². The molecule has 2 saturated heterocycles. The zero-order valence-corrected chi connectivity index (χ0v) is 21.8. The highest BCUT2D eigenvalue weighted by atomic mass is 16.6. The molecule has 3 fully saturated rings. The van der Waals surface area contributed by atoms with E-state index in [1.54, 1.807) is 32.4 Å². The van der Waals surface area contributed by atoms with Gasteiger partial charge < -0.3 is 33.5 Å². The van der Waals surface area contributed by atoms with E-state index in [1.807, 2.05) is 0 Å². The Bertz CT molecular complexity index is 993. The van der Waals surface area contributed by atoms with Crippen LogP contribution in [-0.2, 0) is 28.5 Å². The second kappa shape index (κ2) is 10.9. The molecular weight excluding hydrogens is 464 g/mol. The van der Waals surface area contributed by atoms with Gasteiger partial charge >= 0.3 is 5.97 Å². The van der Waals surface area contributed by atoms with E-state index < -0.39 is 12.1 Å². The predicted molar refractivity (Wildman–Crippen MR) is 134 cm³/mol. The third kappa shape index (κ3) is 5.78. The van der Waals surface area contributed by atoms with Crippen LogP contribution >= 0.6 is 0 Å². The van der Waals surface area contributed by atoms with E-state index in [9.17, 15) is 9.90 Å². The number of carbonyl (C=O) groups excluding carboxylic acids is 1. The van der Waals surface area contributed by atoms with E-state index in [4.69, 9.17) is 28.4 Å². The van der Waals surface area contributed by atoms with Crippen molar-refractivity contribution in [3.8, 4) is 11.5 Å². The van der Waals surface area contributed by atoms with Crippen molar-refractivity contribution in [1.82, 2.24) is 0 Å². The first-order valence-electron chi connectivity index (χ1n) is 12.5. The Morgan fingerprint density at radius 3 is 2.69 bits per heavy atom. The second-order valence-corrected chi connectivity index (χ2v) is 10.3. The zero-order valence-electron chi connectivity index (χ0n) is 21.8. The maximum Gasteiger partial charge on any atom is 0.331 e. The number of ether oxygens (including phenoxy) is 6. The van der Waals surface area contributed by atoms with Gasteiger partial charge in [-0.1, -0.05) is 17.7 Å². The number of methoxy groups -OCH3 is 2. The lowest BCUT2D eigenvalue weighted by Gasteiger charge is -2.42. The number of allylic oxidation sites excluding steroid dienone is 1. The van der Waals surface area contributed by atoms with Gasteiger partial charge in [-0.2, -0.15) is 0 Å². The Balaban J connectivity index is 1.41. The lowest BCUT2D eigenvalue weighted by Crippen LogP contribution is -2.55. The summed E-state index contributed by atoms with van der Waals surface area (Å²) in [5.74, 6) is -0.125. The predicted octanol–water partition coefficient (Wildman–Crippen LogP) is 4.05. The van der Waals surface area contributed by atoms with Crippen LogP contribution in [0.1, 0.15) is 45.6 Å². The first-order valence-corrected chi connectivity index (χ1v) is 12.5. The van der Waals surface area contributed by atoms with Gasteiger partial charge in [0.15, 0.2) is 11.5 Å². The van der Waals surface area contributed by atoms with Crippen molar-refractivity contribution in [2.24, 2.45) is 5.92 Å². The SMILES string of the molecule is COCCOc1cc(/C=C/C(=O)O[C@@H]2CC[C@]3(CO3)C(C3(C)O[C@H]3CC=C(C)C)[C@@H]2OC)ccc1O. The van der Waals surface area contributed by atoms with Crippen molar-refractivity contribution in [3.05, 3.63) is 41.5 Å². The molecule has 0 bridgehead atoms. The topological polar surface area (TPSA) is 99.3 Å². The fraction of sp³-hybridized carbons (Fsp3) is 0.607. The smallest absolute Gasteiger partial charge is 0.331 e. The Hall–Kier alpha value is -2.39. The standard InChI is InChI=1S/C28H38O8/c1-18(2)6-10-23-27(3,36-23)26-25(32-5)21(12-13-28(26)17-34-28)35-24(30)11-8-19-7-9-20(29)22(16-19)33-15-14-31-4/h6-9,11,16,21,23,25-26,29H,10,12-15,17H2,1-5H3/b11-8+/t21-,23+,25-,26?,27?,28+/m1/s1. The van der Waals surface area contributed by atoms with Crippen LogP contribution in [0.3, 0.4) is 0 Å². The van der Waals surface area contributed by atoms with Crippen molar-refractivity contribution in [2.75, 3.05) is 34.0 Å². The molecule has 6 atom stereocenters. The molecule has 2 unspecified atom stereocenters. The molecule has 2 heterocycles. The van der Waals surface area contributed by atoms with Crippen molar-refractivity contribution in [2.45, 2.75) is 69.5 Å². The van der Waals surface area contributed by atoms with Crippen molar-refractivity contribution in [3.63, 3.8) is 0 Å². The monoisotopic (exact) mass is 502 g/mol.